The van der Waals surface area contributed by atoms with E-state index in [1.54, 1.807) is 0 Å². The van der Waals surface area contributed by atoms with Crippen molar-refractivity contribution in [2.24, 2.45) is 11.8 Å². The molecule has 0 spiro atoms. The first-order valence-corrected chi connectivity index (χ1v) is 7.40. The number of fused-ring (bicyclic) bond motifs is 1. The van der Waals surface area contributed by atoms with Gasteiger partial charge >= 0.3 is 0 Å². The van der Waals surface area contributed by atoms with E-state index in [4.69, 9.17) is 0 Å². The molecule has 4 heteroatoms. The number of pyridine rings is 1. The average molecular weight is 283 g/mol. The van der Waals surface area contributed by atoms with Crippen LogP contribution in [0.2, 0.25) is 0 Å². The highest BCUT2D eigenvalue weighted by molar-refractivity contribution is 5.85. The number of para-hydroxylation sites is 1. The summed E-state index contributed by atoms with van der Waals surface area (Å²) < 4.78 is 0. The Kier molecular flexibility index (Phi) is 3.53. The summed E-state index contributed by atoms with van der Waals surface area (Å²) >= 11 is 0. The summed E-state index contributed by atoms with van der Waals surface area (Å²) in [5, 5.41) is 4.17. The van der Waals surface area contributed by atoms with Crippen LogP contribution in [-0.4, -0.2) is 25.0 Å². The van der Waals surface area contributed by atoms with Crippen LogP contribution < -0.4 is 10.2 Å². The largest absolute Gasteiger partial charge is 0.363 e. The molecule has 0 radical (unpaired) electrons. The van der Waals surface area contributed by atoms with E-state index >= 15 is 0 Å². The first kappa shape index (κ1) is 13.9. The highest BCUT2D eigenvalue weighted by Crippen LogP contribution is 2.37. The van der Waals surface area contributed by atoms with E-state index in [0.717, 1.165) is 28.7 Å². The third-order valence-electron chi connectivity index (χ3n) is 4.15. The molecular weight excluding hydrogens is 262 g/mol. The number of benzene rings is 1. The fourth-order valence-corrected chi connectivity index (χ4v) is 2.61. The number of hydrogen-bond acceptors (Lipinski definition) is 3. The smallest absolute Gasteiger partial charge is 0.223 e. The standard InChI is InChI=1S/C17H21N3O/c1-11-8-14(11)17(21)18-10-12-9-16(20(2)3)19-15-7-5-4-6-13(12)15/h4-7,9,11,14H,8,10H2,1-3H3,(H,18,21)/t11-,14+/m1/s1. The fraction of sp³-hybridized carbons (Fsp3) is 0.412. The molecular formula is C17H21N3O. The van der Waals surface area contributed by atoms with Crippen molar-refractivity contribution < 1.29 is 4.79 Å². The quantitative estimate of drug-likeness (QED) is 0.938. The van der Waals surface area contributed by atoms with Crippen molar-refractivity contribution in [2.45, 2.75) is 19.9 Å². The van der Waals surface area contributed by atoms with Crippen LogP contribution in [0.3, 0.4) is 0 Å². The summed E-state index contributed by atoms with van der Waals surface area (Å²) in [5.41, 5.74) is 2.08. The molecule has 1 fully saturated rings. The van der Waals surface area contributed by atoms with Gasteiger partial charge in [-0.15, -0.1) is 0 Å². The van der Waals surface area contributed by atoms with E-state index in [0.29, 0.717) is 12.5 Å². The SMILES string of the molecule is C[C@@H]1C[C@@H]1C(=O)NCc1cc(N(C)C)nc2ccccc12. The second kappa shape index (κ2) is 5.35. The molecule has 0 unspecified atom stereocenters. The maximum atomic E-state index is 12.0. The number of aromatic nitrogens is 1. The van der Waals surface area contributed by atoms with Crippen LogP contribution in [0.15, 0.2) is 30.3 Å². The Bertz CT molecular complexity index is 681. The predicted octanol–water partition coefficient (Wildman–Crippen LogP) is 2.57. The third kappa shape index (κ3) is 2.84. The Labute approximate surface area is 125 Å². The van der Waals surface area contributed by atoms with Crippen LogP contribution in [0.5, 0.6) is 0 Å². The van der Waals surface area contributed by atoms with E-state index in [1.807, 2.05) is 37.2 Å². The minimum atomic E-state index is 0.176. The lowest BCUT2D eigenvalue weighted by Gasteiger charge is -2.15. The molecule has 1 saturated carbocycles. The Hall–Kier alpha value is -2.10. The number of amides is 1. The molecule has 1 aliphatic carbocycles. The minimum absolute atomic E-state index is 0.176. The van der Waals surface area contributed by atoms with Gasteiger partial charge in [-0.1, -0.05) is 25.1 Å². The molecule has 1 N–H and O–H groups in total. The van der Waals surface area contributed by atoms with E-state index < -0.39 is 0 Å². The lowest BCUT2D eigenvalue weighted by atomic mass is 10.1. The van der Waals surface area contributed by atoms with Crippen LogP contribution in [-0.2, 0) is 11.3 Å². The second-order valence-corrected chi connectivity index (χ2v) is 6.09. The molecule has 0 aliphatic heterocycles. The predicted molar refractivity (Wildman–Crippen MR) is 85.2 cm³/mol. The molecule has 2 atom stereocenters. The molecule has 1 aromatic carbocycles. The Morgan fingerprint density at radius 1 is 1.38 bits per heavy atom. The maximum Gasteiger partial charge on any atom is 0.223 e. The van der Waals surface area contributed by atoms with Gasteiger partial charge in [-0.2, -0.15) is 0 Å². The van der Waals surface area contributed by atoms with Gasteiger partial charge in [0.2, 0.25) is 5.91 Å². The van der Waals surface area contributed by atoms with Crippen molar-refractivity contribution >= 4 is 22.6 Å². The van der Waals surface area contributed by atoms with E-state index in [1.165, 1.54) is 0 Å². The van der Waals surface area contributed by atoms with Crippen molar-refractivity contribution in [1.82, 2.24) is 10.3 Å². The van der Waals surface area contributed by atoms with E-state index in [-0.39, 0.29) is 11.8 Å². The molecule has 0 bridgehead atoms. The van der Waals surface area contributed by atoms with Gasteiger partial charge < -0.3 is 10.2 Å². The molecule has 1 amide bonds. The van der Waals surface area contributed by atoms with Crippen LogP contribution in [0.1, 0.15) is 18.9 Å². The van der Waals surface area contributed by atoms with Gasteiger partial charge in [0, 0.05) is 31.9 Å². The van der Waals surface area contributed by atoms with Crippen molar-refractivity contribution in [3.63, 3.8) is 0 Å². The number of nitrogens with zero attached hydrogens (tertiary/aromatic N) is 2. The topological polar surface area (TPSA) is 45.2 Å². The normalized spacial score (nSPS) is 20.3. The summed E-state index contributed by atoms with van der Waals surface area (Å²) in [4.78, 5) is 18.6. The molecule has 1 aromatic heterocycles. The van der Waals surface area contributed by atoms with Crippen LogP contribution in [0.25, 0.3) is 10.9 Å². The van der Waals surface area contributed by atoms with E-state index in [9.17, 15) is 4.79 Å². The van der Waals surface area contributed by atoms with Crippen molar-refractivity contribution in [1.29, 1.82) is 0 Å². The van der Waals surface area contributed by atoms with Crippen molar-refractivity contribution in [3.05, 3.63) is 35.9 Å². The Morgan fingerprint density at radius 3 is 2.76 bits per heavy atom. The monoisotopic (exact) mass is 283 g/mol. The lowest BCUT2D eigenvalue weighted by Crippen LogP contribution is -2.25. The molecule has 4 nitrogen and oxygen atoms in total. The first-order valence-electron chi connectivity index (χ1n) is 7.40. The molecule has 21 heavy (non-hydrogen) atoms. The van der Waals surface area contributed by atoms with E-state index in [2.05, 4.69) is 29.4 Å². The zero-order valence-corrected chi connectivity index (χ0v) is 12.8. The van der Waals surface area contributed by atoms with Gasteiger partial charge in [0.15, 0.2) is 0 Å². The molecule has 110 valence electrons. The van der Waals surface area contributed by atoms with Gasteiger partial charge in [0.1, 0.15) is 5.82 Å². The van der Waals surface area contributed by atoms with Crippen LogP contribution in [0, 0.1) is 11.8 Å². The van der Waals surface area contributed by atoms with Gasteiger partial charge in [-0.05, 0) is 30.0 Å². The van der Waals surface area contributed by atoms with Gasteiger partial charge in [0.05, 0.1) is 5.52 Å². The molecule has 1 aliphatic rings. The Balaban J connectivity index is 1.87. The van der Waals surface area contributed by atoms with Gasteiger partial charge in [-0.3, -0.25) is 4.79 Å². The number of nitrogens with one attached hydrogen (secondary N) is 1. The zero-order chi connectivity index (χ0) is 15.0. The molecule has 0 saturated heterocycles. The number of rotatable bonds is 4. The fourth-order valence-electron chi connectivity index (χ4n) is 2.61. The second-order valence-electron chi connectivity index (χ2n) is 6.09. The summed E-state index contributed by atoms with van der Waals surface area (Å²) in [6.07, 6.45) is 1.02. The number of carbonyl (C=O) groups is 1. The summed E-state index contributed by atoms with van der Waals surface area (Å²) in [6, 6.07) is 10.1. The van der Waals surface area contributed by atoms with Crippen molar-refractivity contribution in [3.8, 4) is 0 Å². The Morgan fingerprint density at radius 2 is 2.10 bits per heavy atom. The van der Waals surface area contributed by atoms with Crippen molar-refractivity contribution in [2.75, 3.05) is 19.0 Å². The molecule has 3 rings (SSSR count). The molecule has 1 heterocycles. The summed E-state index contributed by atoms with van der Waals surface area (Å²) in [7, 11) is 3.96. The maximum absolute atomic E-state index is 12.0. The number of anilines is 1. The molecule has 2 aromatic rings. The number of carbonyl (C=O) groups excluding carboxylic acids is 1. The van der Waals surface area contributed by atoms with Crippen LogP contribution >= 0.6 is 0 Å². The first-order chi connectivity index (χ1) is 10.1. The summed E-state index contributed by atoms with van der Waals surface area (Å²) in [5.74, 6) is 1.84. The third-order valence-corrected chi connectivity index (χ3v) is 4.15. The van der Waals surface area contributed by atoms with Gasteiger partial charge in [0.25, 0.3) is 0 Å². The average Bonchev–Trinajstić information content (AvgIpc) is 3.21. The zero-order valence-electron chi connectivity index (χ0n) is 12.8. The van der Waals surface area contributed by atoms with Crippen LogP contribution in [0.4, 0.5) is 5.82 Å². The minimum Gasteiger partial charge on any atom is -0.363 e. The number of hydrogen-bond donors (Lipinski definition) is 1. The summed E-state index contributed by atoms with van der Waals surface area (Å²) in [6.45, 7) is 2.68. The highest BCUT2D eigenvalue weighted by atomic mass is 16.2. The highest BCUT2D eigenvalue weighted by Gasteiger charge is 2.38. The van der Waals surface area contributed by atoms with Gasteiger partial charge in [-0.25, -0.2) is 4.98 Å². The lowest BCUT2D eigenvalue weighted by molar-refractivity contribution is -0.122.